The van der Waals surface area contributed by atoms with E-state index in [4.69, 9.17) is 14.6 Å². The second-order valence-corrected chi connectivity index (χ2v) is 7.96. The normalized spacial score (nSPS) is 11.8. The Hall–Kier alpha value is -4.59. The van der Waals surface area contributed by atoms with Gasteiger partial charge in [0, 0.05) is 23.7 Å². The molecular weight excluding hydrogens is 444 g/mol. The van der Waals surface area contributed by atoms with Gasteiger partial charge in [-0.25, -0.2) is 4.68 Å². The van der Waals surface area contributed by atoms with E-state index in [2.05, 4.69) is 5.32 Å². The minimum absolute atomic E-state index is 0.107. The largest absolute Gasteiger partial charge is 0.454 e. The smallest absolute Gasteiger partial charge is 0.254 e. The fourth-order valence-corrected chi connectivity index (χ4v) is 3.88. The van der Waals surface area contributed by atoms with E-state index in [1.807, 2.05) is 73.7 Å². The summed E-state index contributed by atoms with van der Waals surface area (Å²) in [4.78, 5) is 27.6. The summed E-state index contributed by atoms with van der Waals surface area (Å²) in [5, 5.41) is 7.65. The number of amides is 2. The third-order valence-corrected chi connectivity index (χ3v) is 5.67. The molecule has 5 rings (SSSR count). The predicted octanol–water partition coefficient (Wildman–Crippen LogP) is 4.37. The van der Waals surface area contributed by atoms with Crippen molar-refractivity contribution in [3.63, 3.8) is 0 Å². The van der Waals surface area contributed by atoms with Gasteiger partial charge < -0.3 is 19.7 Å². The SMILES string of the molecule is CCN(CC(=O)Nc1cc(-c2ccccc2)nn1-c1ccccc1)C(=O)c1ccc2c(c1)OCO2. The number of aromatic nitrogens is 2. The van der Waals surface area contributed by atoms with Crippen LogP contribution in [-0.2, 0) is 4.79 Å². The van der Waals surface area contributed by atoms with Crippen LogP contribution in [0.1, 0.15) is 17.3 Å². The molecule has 8 heteroatoms. The first-order valence-electron chi connectivity index (χ1n) is 11.3. The first-order chi connectivity index (χ1) is 17.1. The van der Waals surface area contributed by atoms with Crippen molar-refractivity contribution >= 4 is 17.6 Å². The number of nitrogens with zero attached hydrogens (tertiary/aromatic N) is 3. The van der Waals surface area contributed by atoms with Gasteiger partial charge in [-0.2, -0.15) is 5.10 Å². The molecule has 1 aromatic heterocycles. The number of hydrogen-bond acceptors (Lipinski definition) is 5. The van der Waals surface area contributed by atoms with Crippen molar-refractivity contribution in [3.05, 3.63) is 90.5 Å². The second-order valence-electron chi connectivity index (χ2n) is 7.96. The Bertz CT molecular complexity index is 1350. The van der Waals surface area contributed by atoms with Gasteiger partial charge in [-0.3, -0.25) is 9.59 Å². The van der Waals surface area contributed by atoms with E-state index in [1.54, 1.807) is 22.9 Å². The zero-order chi connectivity index (χ0) is 24.2. The standard InChI is InChI=1S/C27H24N4O4/c1-2-30(27(33)20-13-14-23-24(15-20)35-18-34-23)17-26(32)28-25-16-22(19-9-5-3-6-10-19)29-31(25)21-11-7-4-8-12-21/h3-16H,2,17-18H2,1H3,(H,28,32). The van der Waals surface area contributed by atoms with Crippen LogP contribution in [0.2, 0.25) is 0 Å². The van der Waals surface area contributed by atoms with Crippen LogP contribution in [0.25, 0.3) is 16.9 Å². The molecular formula is C27H24N4O4. The molecule has 0 aliphatic carbocycles. The lowest BCUT2D eigenvalue weighted by Crippen LogP contribution is -2.38. The van der Waals surface area contributed by atoms with Crippen LogP contribution < -0.4 is 14.8 Å². The molecule has 0 saturated carbocycles. The molecule has 1 aliphatic heterocycles. The molecule has 4 aromatic rings. The number of fused-ring (bicyclic) bond motifs is 1. The number of carbonyl (C=O) groups excluding carboxylic acids is 2. The van der Waals surface area contributed by atoms with Gasteiger partial charge in [0.25, 0.3) is 5.91 Å². The highest BCUT2D eigenvalue weighted by atomic mass is 16.7. The number of para-hydroxylation sites is 1. The molecule has 0 spiro atoms. The summed E-state index contributed by atoms with van der Waals surface area (Å²) in [7, 11) is 0. The fraction of sp³-hybridized carbons (Fsp3) is 0.148. The van der Waals surface area contributed by atoms with Crippen molar-refractivity contribution in [1.82, 2.24) is 14.7 Å². The van der Waals surface area contributed by atoms with Crippen LogP contribution >= 0.6 is 0 Å². The Morgan fingerprint density at radius 3 is 2.40 bits per heavy atom. The van der Waals surface area contributed by atoms with Gasteiger partial charge in [-0.1, -0.05) is 48.5 Å². The van der Waals surface area contributed by atoms with E-state index < -0.39 is 0 Å². The zero-order valence-electron chi connectivity index (χ0n) is 19.2. The van der Waals surface area contributed by atoms with Crippen molar-refractivity contribution < 1.29 is 19.1 Å². The molecule has 1 aliphatic rings. The summed E-state index contributed by atoms with van der Waals surface area (Å²) < 4.78 is 12.4. The molecule has 2 amide bonds. The Balaban J connectivity index is 1.36. The van der Waals surface area contributed by atoms with Crippen LogP contribution in [0.4, 0.5) is 5.82 Å². The summed E-state index contributed by atoms with van der Waals surface area (Å²) in [6.07, 6.45) is 0. The molecule has 1 N–H and O–H groups in total. The monoisotopic (exact) mass is 468 g/mol. The lowest BCUT2D eigenvalue weighted by Gasteiger charge is -2.20. The topological polar surface area (TPSA) is 85.7 Å². The van der Waals surface area contributed by atoms with E-state index in [1.165, 1.54) is 4.90 Å². The van der Waals surface area contributed by atoms with E-state index in [9.17, 15) is 9.59 Å². The van der Waals surface area contributed by atoms with E-state index in [0.29, 0.717) is 29.4 Å². The molecule has 0 atom stereocenters. The molecule has 35 heavy (non-hydrogen) atoms. The van der Waals surface area contributed by atoms with Gasteiger partial charge in [0.2, 0.25) is 12.7 Å². The van der Waals surface area contributed by atoms with Crippen molar-refractivity contribution in [2.75, 3.05) is 25.2 Å². The van der Waals surface area contributed by atoms with E-state index in [0.717, 1.165) is 16.9 Å². The minimum atomic E-state index is -0.322. The third-order valence-electron chi connectivity index (χ3n) is 5.67. The molecule has 2 heterocycles. The molecule has 0 fully saturated rings. The molecule has 0 unspecified atom stereocenters. The highest BCUT2D eigenvalue weighted by Crippen LogP contribution is 2.33. The third kappa shape index (κ3) is 4.72. The molecule has 0 saturated heterocycles. The van der Waals surface area contributed by atoms with Gasteiger partial charge in [0.1, 0.15) is 12.4 Å². The predicted molar refractivity (Wildman–Crippen MR) is 132 cm³/mol. The Labute approximate surface area is 202 Å². The van der Waals surface area contributed by atoms with Crippen LogP contribution in [0.3, 0.4) is 0 Å². The minimum Gasteiger partial charge on any atom is -0.454 e. The van der Waals surface area contributed by atoms with Gasteiger partial charge >= 0.3 is 0 Å². The van der Waals surface area contributed by atoms with Gasteiger partial charge in [0.05, 0.1) is 11.4 Å². The number of nitrogens with one attached hydrogen (secondary N) is 1. The quantitative estimate of drug-likeness (QED) is 0.435. The first-order valence-corrected chi connectivity index (χ1v) is 11.3. The number of anilines is 1. The number of hydrogen-bond donors (Lipinski definition) is 1. The number of rotatable bonds is 7. The summed E-state index contributed by atoms with van der Waals surface area (Å²) in [6, 6.07) is 26.2. The molecule has 3 aromatic carbocycles. The van der Waals surface area contributed by atoms with Crippen LogP contribution in [0.15, 0.2) is 84.9 Å². The number of benzene rings is 3. The summed E-state index contributed by atoms with van der Waals surface area (Å²) in [5.74, 6) is 1.06. The summed E-state index contributed by atoms with van der Waals surface area (Å²) >= 11 is 0. The van der Waals surface area contributed by atoms with Crippen molar-refractivity contribution in [3.8, 4) is 28.4 Å². The highest BCUT2D eigenvalue weighted by molar-refractivity contribution is 5.99. The lowest BCUT2D eigenvalue weighted by molar-refractivity contribution is -0.116. The Morgan fingerprint density at radius 2 is 1.66 bits per heavy atom. The average Bonchev–Trinajstić information content (AvgIpc) is 3.54. The molecule has 8 nitrogen and oxygen atoms in total. The highest BCUT2D eigenvalue weighted by Gasteiger charge is 2.22. The molecule has 0 radical (unpaired) electrons. The van der Waals surface area contributed by atoms with E-state index in [-0.39, 0.29) is 25.2 Å². The Kier molecular flexibility index (Phi) is 6.17. The summed E-state index contributed by atoms with van der Waals surface area (Å²) in [6.45, 7) is 2.23. The van der Waals surface area contributed by atoms with Gasteiger partial charge in [0.15, 0.2) is 11.5 Å². The Morgan fingerprint density at radius 1 is 0.943 bits per heavy atom. The maximum Gasteiger partial charge on any atom is 0.254 e. The maximum absolute atomic E-state index is 13.1. The van der Waals surface area contributed by atoms with Crippen molar-refractivity contribution in [1.29, 1.82) is 0 Å². The van der Waals surface area contributed by atoms with Crippen molar-refractivity contribution in [2.45, 2.75) is 6.92 Å². The second kappa shape index (κ2) is 9.72. The van der Waals surface area contributed by atoms with Crippen LogP contribution in [0.5, 0.6) is 11.5 Å². The van der Waals surface area contributed by atoms with Gasteiger partial charge in [-0.05, 0) is 37.3 Å². The lowest BCUT2D eigenvalue weighted by atomic mass is 10.1. The average molecular weight is 469 g/mol. The molecule has 0 bridgehead atoms. The first kappa shape index (κ1) is 22.2. The van der Waals surface area contributed by atoms with Crippen LogP contribution in [0, 0.1) is 0 Å². The summed E-state index contributed by atoms with van der Waals surface area (Å²) in [5.41, 5.74) is 2.91. The fourth-order valence-electron chi connectivity index (χ4n) is 3.88. The van der Waals surface area contributed by atoms with Crippen molar-refractivity contribution in [2.24, 2.45) is 0 Å². The number of likely N-dealkylation sites (N-methyl/N-ethyl adjacent to an activating group) is 1. The van der Waals surface area contributed by atoms with E-state index >= 15 is 0 Å². The maximum atomic E-state index is 13.1. The van der Waals surface area contributed by atoms with Gasteiger partial charge in [-0.15, -0.1) is 0 Å². The number of carbonyl (C=O) groups is 2. The molecule has 176 valence electrons. The van der Waals surface area contributed by atoms with Crippen LogP contribution in [-0.4, -0.2) is 46.4 Å². The number of ether oxygens (including phenoxy) is 2. The zero-order valence-corrected chi connectivity index (χ0v) is 19.2.